The number of rotatable bonds is 9. The number of guanidine groups is 1. The third-order valence-electron chi connectivity index (χ3n) is 3.70. The average molecular weight is 457 g/mol. The van der Waals surface area contributed by atoms with Crippen molar-refractivity contribution >= 4 is 29.9 Å². The molecule has 0 radical (unpaired) electrons. The van der Waals surface area contributed by atoms with Crippen molar-refractivity contribution in [3.63, 3.8) is 0 Å². The smallest absolute Gasteiger partial charge is 0.191 e. The van der Waals surface area contributed by atoms with Crippen LogP contribution in [0, 0.1) is 0 Å². The molecule has 0 bridgehead atoms. The highest BCUT2D eigenvalue weighted by Gasteiger charge is 2.01. The maximum Gasteiger partial charge on any atom is 0.191 e. The number of aryl methyl sites for hydroxylation is 1. The van der Waals surface area contributed by atoms with E-state index in [2.05, 4.69) is 32.9 Å². The monoisotopic (exact) mass is 457 g/mol. The molecule has 0 spiro atoms. The fourth-order valence-corrected chi connectivity index (χ4v) is 2.27. The van der Waals surface area contributed by atoms with Gasteiger partial charge >= 0.3 is 0 Å². The van der Waals surface area contributed by atoms with Gasteiger partial charge in [0.1, 0.15) is 0 Å². The van der Waals surface area contributed by atoms with Crippen LogP contribution in [0.25, 0.3) is 0 Å². The number of hydrogen-bond acceptors (Lipinski definition) is 3. The summed E-state index contributed by atoms with van der Waals surface area (Å²) in [6.07, 6.45) is 3.86. The zero-order valence-electron chi connectivity index (χ0n) is 14.9. The van der Waals surface area contributed by atoms with E-state index in [9.17, 15) is 0 Å². The molecule has 1 heterocycles. The van der Waals surface area contributed by atoms with Crippen LogP contribution in [0.4, 0.5) is 0 Å². The summed E-state index contributed by atoms with van der Waals surface area (Å²) in [7, 11) is 3.71. The lowest BCUT2D eigenvalue weighted by Gasteiger charge is -2.12. The highest BCUT2D eigenvalue weighted by molar-refractivity contribution is 14.0. The molecule has 1 aromatic heterocycles. The van der Waals surface area contributed by atoms with Crippen molar-refractivity contribution in [2.45, 2.75) is 26.0 Å². The maximum atomic E-state index is 5.68. The van der Waals surface area contributed by atoms with E-state index in [1.54, 1.807) is 13.2 Å². The van der Waals surface area contributed by atoms with E-state index < -0.39 is 0 Å². The van der Waals surface area contributed by atoms with Crippen molar-refractivity contribution in [3.05, 3.63) is 53.9 Å². The molecule has 0 aliphatic heterocycles. The second-order valence-corrected chi connectivity index (χ2v) is 5.54. The quantitative estimate of drug-likeness (QED) is 0.263. The van der Waals surface area contributed by atoms with Crippen LogP contribution in [-0.4, -0.2) is 35.9 Å². The first-order chi connectivity index (χ1) is 11.8. The van der Waals surface area contributed by atoms with Crippen LogP contribution in [0.1, 0.15) is 24.1 Å². The minimum Gasteiger partial charge on any atom is -0.377 e. The first kappa shape index (κ1) is 21.4. The van der Waals surface area contributed by atoms with Gasteiger partial charge < -0.3 is 15.4 Å². The normalized spacial score (nSPS) is 11.0. The van der Waals surface area contributed by atoms with E-state index in [4.69, 9.17) is 4.74 Å². The Morgan fingerprint density at radius 1 is 1.16 bits per heavy atom. The third-order valence-corrected chi connectivity index (χ3v) is 3.70. The van der Waals surface area contributed by atoms with Gasteiger partial charge in [0.25, 0.3) is 0 Å². The van der Waals surface area contributed by atoms with Gasteiger partial charge in [-0.1, -0.05) is 30.3 Å². The van der Waals surface area contributed by atoms with Gasteiger partial charge in [-0.2, -0.15) is 5.10 Å². The molecule has 6 nitrogen and oxygen atoms in total. The van der Waals surface area contributed by atoms with E-state index in [0.717, 1.165) is 37.6 Å². The van der Waals surface area contributed by atoms with Gasteiger partial charge in [0.2, 0.25) is 0 Å². The van der Waals surface area contributed by atoms with Crippen LogP contribution in [0.2, 0.25) is 0 Å². The van der Waals surface area contributed by atoms with Crippen LogP contribution < -0.4 is 10.6 Å². The number of hydrogen-bond donors (Lipinski definition) is 2. The van der Waals surface area contributed by atoms with Crippen LogP contribution in [0.5, 0.6) is 0 Å². The fraction of sp³-hybridized carbons (Fsp3) is 0.444. The summed E-state index contributed by atoms with van der Waals surface area (Å²) in [5.41, 5.74) is 2.34. The van der Waals surface area contributed by atoms with Crippen molar-refractivity contribution < 1.29 is 4.74 Å². The number of aliphatic imine (C=N–C) groups is 1. The number of nitrogens with zero attached hydrogens (tertiary/aromatic N) is 3. The summed E-state index contributed by atoms with van der Waals surface area (Å²) in [6, 6.07) is 12.2. The Hall–Kier alpha value is -1.61. The standard InChI is InChI=1S/C18H27N5O.HI/c1-19-18(21-14-17-10-12-22-23(17)2)20-11-6-7-13-24-15-16-8-4-3-5-9-16;/h3-5,8-10,12H,6-7,11,13-15H2,1-2H3,(H2,19,20,21);1H. The molecule has 2 N–H and O–H groups in total. The summed E-state index contributed by atoms with van der Waals surface area (Å²) in [5.74, 6) is 0.807. The number of aromatic nitrogens is 2. The molecule has 7 heteroatoms. The molecule has 0 atom stereocenters. The van der Waals surface area contributed by atoms with Gasteiger partial charge in [-0.3, -0.25) is 9.67 Å². The molecule has 0 aliphatic rings. The maximum absolute atomic E-state index is 5.68. The van der Waals surface area contributed by atoms with Gasteiger partial charge in [0.05, 0.1) is 18.8 Å². The summed E-state index contributed by atoms with van der Waals surface area (Å²) in [5, 5.41) is 10.7. The van der Waals surface area contributed by atoms with Crippen LogP contribution in [0.3, 0.4) is 0 Å². The zero-order valence-corrected chi connectivity index (χ0v) is 17.3. The van der Waals surface area contributed by atoms with Gasteiger partial charge in [0.15, 0.2) is 5.96 Å². The fourth-order valence-electron chi connectivity index (χ4n) is 2.27. The summed E-state index contributed by atoms with van der Waals surface area (Å²) in [4.78, 5) is 4.22. The lowest BCUT2D eigenvalue weighted by Crippen LogP contribution is -2.37. The molecule has 0 aliphatic carbocycles. The van der Waals surface area contributed by atoms with Crippen molar-refractivity contribution in [2.75, 3.05) is 20.2 Å². The minimum absolute atomic E-state index is 0. The highest BCUT2D eigenvalue weighted by atomic mass is 127. The molecule has 0 unspecified atom stereocenters. The van der Waals surface area contributed by atoms with Gasteiger partial charge in [-0.05, 0) is 24.5 Å². The van der Waals surface area contributed by atoms with Crippen molar-refractivity contribution in [1.82, 2.24) is 20.4 Å². The zero-order chi connectivity index (χ0) is 17.0. The second-order valence-electron chi connectivity index (χ2n) is 5.54. The van der Waals surface area contributed by atoms with Gasteiger partial charge in [-0.25, -0.2) is 0 Å². The van der Waals surface area contributed by atoms with Crippen molar-refractivity contribution in [2.24, 2.45) is 12.0 Å². The van der Waals surface area contributed by atoms with Crippen LogP contribution in [0.15, 0.2) is 47.6 Å². The van der Waals surface area contributed by atoms with Gasteiger partial charge in [-0.15, -0.1) is 24.0 Å². The predicted molar refractivity (Wildman–Crippen MR) is 112 cm³/mol. The Kier molecular flexibility index (Phi) is 10.9. The molecule has 0 saturated heterocycles. The lowest BCUT2D eigenvalue weighted by molar-refractivity contribution is 0.117. The molecule has 0 saturated carbocycles. The molecule has 2 aromatic rings. The molecule has 0 fully saturated rings. The Bertz CT molecular complexity index is 615. The second kappa shape index (κ2) is 12.7. The molecule has 138 valence electrons. The lowest BCUT2D eigenvalue weighted by atomic mass is 10.2. The van der Waals surface area contributed by atoms with Crippen LogP contribution >= 0.6 is 24.0 Å². The largest absolute Gasteiger partial charge is 0.377 e. The Labute approximate surface area is 167 Å². The first-order valence-corrected chi connectivity index (χ1v) is 8.32. The average Bonchev–Trinajstić information content (AvgIpc) is 3.02. The minimum atomic E-state index is 0. The Morgan fingerprint density at radius 2 is 1.96 bits per heavy atom. The Morgan fingerprint density at radius 3 is 2.64 bits per heavy atom. The summed E-state index contributed by atoms with van der Waals surface area (Å²) in [6.45, 7) is 3.04. The predicted octanol–water partition coefficient (Wildman–Crippen LogP) is 2.70. The summed E-state index contributed by atoms with van der Waals surface area (Å²) < 4.78 is 7.53. The molecule has 25 heavy (non-hydrogen) atoms. The van der Waals surface area contributed by atoms with Crippen molar-refractivity contribution in [3.8, 4) is 0 Å². The Balaban J connectivity index is 0.00000312. The molecular formula is C18H28IN5O. The van der Waals surface area contributed by atoms with E-state index in [0.29, 0.717) is 13.2 Å². The number of ether oxygens (including phenoxy) is 1. The molecule has 0 amide bonds. The number of nitrogens with one attached hydrogen (secondary N) is 2. The topological polar surface area (TPSA) is 63.5 Å². The SMILES string of the molecule is CN=C(NCCCCOCc1ccccc1)NCc1ccnn1C.I. The van der Waals surface area contributed by atoms with Gasteiger partial charge in [0, 0.05) is 33.4 Å². The third kappa shape index (κ3) is 8.35. The molecular weight excluding hydrogens is 429 g/mol. The summed E-state index contributed by atoms with van der Waals surface area (Å²) >= 11 is 0. The first-order valence-electron chi connectivity index (χ1n) is 8.32. The molecule has 2 rings (SSSR count). The number of benzene rings is 1. The van der Waals surface area contributed by atoms with E-state index in [1.165, 1.54) is 5.56 Å². The number of unbranched alkanes of at least 4 members (excludes halogenated alkanes) is 1. The van der Waals surface area contributed by atoms with E-state index in [-0.39, 0.29) is 24.0 Å². The number of halogens is 1. The highest BCUT2D eigenvalue weighted by Crippen LogP contribution is 2.01. The van der Waals surface area contributed by atoms with Crippen LogP contribution in [-0.2, 0) is 24.9 Å². The molecule has 1 aromatic carbocycles. The van der Waals surface area contributed by atoms with Crippen molar-refractivity contribution in [1.29, 1.82) is 0 Å². The van der Waals surface area contributed by atoms with E-state index >= 15 is 0 Å². The van der Waals surface area contributed by atoms with E-state index in [1.807, 2.05) is 36.0 Å².